The van der Waals surface area contributed by atoms with Crippen LogP contribution < -0.4 is 10.2 Å². The van der Waals surface area contributed by atoms with Gasteiger partial charge in [0.2, 0.25) is 5.95 Å². The summed E-state index contributed by atoms with van der Waals surface area (Å²) in [6.45, 7) is 2.64. The Morgan fingerprint density at radius 3 is 2.69 bits per heavy atom. The van der Waals surface area contributed by atoms with Gasteiger partial charge in [0.05, 0.1) is 0 Å². The molecule has 2 heterocycles. The van der Waals surface area contributed by atoms with Gasteiger partial charge in [0.1, 0.15) is 5.69 Å². The van der Waals surface area contributed by atoms with Crippen LogP contribution in [0.1, 0.15) is 60.3 Å². The molecular weight excluding hydrogens is 324 g/mol. The van der Waals surface area contributed by atoms with Crippen molar-refractivity contribution in [2.45, 2.75) is 57.9 Å². The van der Waals surface area contributed by atoms with E-state index in [1.165, 1.54) is 31.2 Å². The summed E-state index contributed by atoms with van der Waals surface area (Å²) >= 11 is 0. The van der Waals surface area contributed by atoms with E-state index < -0.39 is 0 Å². The summed E-state index contributed by atoms with van der Waals surface area (Å²) in [5, 5.41) is 3.47. The minimum Gasteiger partial charge on any atom is -0.351 e. The minimum atomic E-state index is -0.0376. The van der Waals surface area contributed by atoms with E-state index in [2.05, 4.69) is 21.4 Å². The molecule has 1 aromatic carbocycles. The van der Waals surface area contributed by atoms with Gasteiger partial charge in [-0.05, 0) is 43.9 Å². The van der Waals surface area contributed by atoms with Crippen LogP contribution in [0.2, 0.25) is 0 Å². The predicted molar refractivity (Wildman–Crippen MR) is 104 cm³/mol. The van der Waals surface area contributed by atoms with E-state index in [1.54, 1.807) is 6.07 Å². The van der Waals surface area contributed by atoms with Gasteiger partial charge in [0, 0.05) is 24.0 Å². The molecule has 136 valence electrons. The van der Waals surface area contributed by atoms with Crippen molar-refractivity contribution >= 4 is 17.5 Å². The van der Waals surface area contributed by atoms with Crippen molar-refractivity contribution in [3.05, 3.63) is 47.3 Å². The monoisotopic (exact) mass is 350 g/mol. The third-order valence-corrected chi connectivity index (χ3v) is 5.39. The minimum absolute atomic E-state index is 0.0376. The molecular formula is C21H26N4O. The Hall–Kier alpha value is -2.43. The zero-order valence-electron chi connectivity index (χ0n) is 15.4. The number of carbonyl (C=O) groups excluding carboxylic acids is 1. The fraction of sp³-hybridized carbons (Fsp3) is 0.476. The molecule has 1 N–H and O–H groups in total. The molecule has 5 nitrogen and oxygen atoms in total. The van der Waals surface area contributed by atoms with E-state index in [1.807, 2.05) is 30.0 Å². The number of rotatable bonds is 3. The van der Waals surface area contributed by atoms with E-state index in [0.717, 1.165) is 30.6 Å². The Balaban J connectivity index is 1.55. The maximum atomic E-state index is 13.1. The first-order valence-electron chi connectivity index (χ1n) is 9.73. The molecule has 2 aliphatic rings. The summed E-state index contributed by atoms with van der Waals surface area (Å²) in [7, 11) is 0. The van der Waals surface area contributed by atoms with E-state index in [4.69, 9.17) is 0 Å². The van der Waals surface area contributed by atoms with E-state index in [-0.39, 0.29) is 5.91 Å². The van der Waals surface area contributed by atoms with Crippen LogP contribution in [0, 0.1) is 6.92 Å². The van der Waals surface area contributed by atoms with E-state index in [9.17, 15) is 4.79 Å². The van der Waals surface area contributed by atoms with Crippen LogP contribution in [-0.2, 0) is 6.42 Å². The largest absolute Gasteiger partial charge is 0.351 e. The molecule has 0 bridgehead atoms. The zero-order valence-corrected chi connectivity index (χ0v) is 15.4. The quantitative estimate of drug-likeness (QED) is 0.846. The first-order valence-corrected chi connectivity index (χ1v) is 9.73. The number of aryl methyl sites for hydroxylation is 1. The van der Waals surface area contributed by atoms with Gasteiger partial charge in [-0.15, -0.1) is 0 Å². The Bertz CT molecular complexity index is 796. The van der Waals surface area contributed by atoms with Gasteiger partial charge in [-0.2, -0.15) is 0 Å². The second-order valence-corrected chi connectivity index (χ2v) is 7.39. The van der Waals surface area contributed by atoms with Gasteiger partial charge in [-0.1, -0.05) is 43.9 Å². The third-order valence-electron chi connectivity index (χ3n) is 5.39. The highest BCUT2D eigenvalue weighted by Gasteiger charge is 2.26. The number of nitrogens with zero attached hydrogens (tertiary/aromatic N) is 3. The Morgan fingerprint density at radius 1 is 1.12 bits per heavy atom. The number of carbonyl (C=O) groups is 1. The zero-order chi connectivity index (χ0) is 17.9. The molecule has 0 saturated heterocycles. The van der Waals surface area contributed by atoms with Crippen molar-refractivity contribution in [2.75, 3.05) is 16.8 Å². The summed E-state index contributed by atoms with van der Waals surface area (Å²) in [6.07, 6.45) is 8.33. The highest BCUT2D eigenvalue weighted by molar-refractivity contribution is 6.06. The number of para-hydroxylation sites is 1. The third kappa shape index (κ3) is 3.57. The molecule has 1 aliphatic heterocycles. The number of nitrogens with one attached hydrogen (secondary N) is 1. The van der Waals surface area contributed by atoms with Crippen LogP contribution in [0.25, 0.3) is 0 Å². The molecule has 1 aromatic heterocycles. The Labute approximate surface area is 154 Å². The summed E-state index contributed by atoms with van der Waals surface area (Å²) in [4.78, 5) is 24.0. The second-order valence-electron chi connectivity index (χ2n) is 7.39. The highest BCUT2D eigenvalue weighted by Crippen LogP contribution is 2.29. The molecule has 0 unspecified atom stereocenters. The number of amides is 1. The average molecular weight is 350 g/mol. The molecule has 2 aromatic rings. The van der Waals surface area contributed by atoms with Crippen molar-refractivity contribution in [3.8, 4) is 0 Å². The van der Waals surface area contributed by atoms with Crippen LogP contribution in [0.4, 0.5) is 11.6 Å². The first-order chi connectivity index (χ1) is 12.7. The maximum Gasteiger partial charge on any atom is 0.277 e. The molecule has 0 atom stereocenters. The predicted octanol–water partition coefficient (Wildman–Crippen LogP) is 4.12. The topological polar surface area (TPSA) is 58.1 Å². The molecule has 0 spiro atoms. The number of fused-ring (bicyclic) bond motifs is 1. The van der Waals surface area contributed by atoms with Gasteiger partial charge in [-0.3, -0.25) is 4.79 Å². The molecule has 1 fully saturated rings. The van der Waals surface area contributed by atoms with Crippen LogP contribution in [0.15, 0.2) is 30.3 Å². The lowest BCUT2D eigenvalue weighted by atomic mass is 10.1. The summed E-state index contributed by atoms with van der Waals surface area (Å²) in [6, 6.07) is 10.3. The van der Waals surface area contributed by atoms with Crippen molar-refractivity contribution < 1.29 is 4.79 Å². The fourth-order valence-corrected chi connectivity index (χ4v) is 4.04. The van der Waals surface area contributed by atoms with E-state index >= 15 is 0 Å². The van der Waals surface area contributed by atoms with Gasteiger partial charge < -0.3 is 10.2 Å². The summed E-state index contributed by atoms with van der Waals surface area (Å²) in [5.41, 5.74) is 3.53. The smallest absolute Gasteiger partial charge is 0.277 e. The lowest BCUT2D eigenvalue weighted by Gasteiger charge is -2.19. The first kappa shape index (κ1) is 17.0. The molecule has 1 amide bonds. The summed E-state index contributed by atoms with van der Waals surface area (Å²) in [5.74, 6) is 0.553. The fourth-order valence-electron chi connectivity index (χ4n) is 4.04. The number of aromatic nitrogens is 2. The summed E-state index contributed by atoms with van der Waals surface area (Å²) < 4.78 is 0. The molecule has 4 rings (SSSR count). The van der Waals surface area contributed by atoms with Gasteiger partial charge in [0.25, 0.3) is 5.91 Å². The Kier molecular flexibility index (Phi) is 4.87. The normalized spacial score (nSPS) is 17.7. The standard InChI is InChI=1S/C21H26N4O/c1-15-14-18(20(26)25-13-12-16-8-6-7-11-19(16)25)24-21(22-15)23-17-9-4-2-3-5-10-17/h6-8,11,14,17H,2-5,9-10,12-13H2,1H3,(H,22,23,24). The Morgan fingerprint density at radius 2 is 1.88 bits per heavy atom. The second kappa shape index (κ2) is 7.44. The van der Waals surface area contributed by atoms with E-state index in [0.29, 0.717) is 24.2 Å². The van der Waals surface area contributed by atoms with Crippen molar-refractivity contribution in [1.82, 2.24) is 9.97 Å². The number of benzene rings is 1. The van der Waals surface area contributed by atoms with Gasteiger partial charge in [-0.25, -0.2) is 9.97 Å². The van der Waals surface area contributed by atoms with Crippen LogP contribution in [0.3, 0.4) is 0 Å². The number of anilines is 2. The van der Waals surface area contributed by atoms with Crippen LogP contribution in [-0.4, -0.2) is 28.5 Å². The molecule has 1 saturated carbocycles. The van der Waals surface area contributed by atoms with Crippen molar-refractivity contribution in [2.24, 2.45) is 0 Å². The van der Waals surface area contributed by atoms with Gasteiger partial charge in [0.15, 0.2) is 0 Å². The lowest BCUT2D eigenvalue weighted by Crippen LogP contribution is -2.30. The maximum absolute atomic E-state index is 13.1. The van der Waals surface area contributed by atoms with Crippen molar-refractivity contribution in [3.63, 3.8) is 0 Å². The molecule has 5 heteroatoms. The van der Waals surface area contributed by atoms with Gasteiger partial charge >= 0.3 is 0 Å². The average Bonchev–Trinajstić information content (AvgIpc) is 2.90. The molecule has 0 radical (unpaired) electrons. The molecule has 1 aliphatic carbocycles. The SMILES string of the molecule is Cc1cc(C(=O)N2CCc3ccccc32)nc(NC2CCCCCC2)n1. The van der Waals surface area contributed by atoms with Crippen LogP contribution >= 0.6 is 0 Å². The number of hydrogen-bond donors (Lipinski definition) is 1. The highest BCUT2D eigenvalue weighted by atomic mass is 16.2. The van der Waals surface area contributed by atoms with Crippen molar-refractivity contribution in [1.29, 1.82) is 0 Å². The van der Waals surface area contributed by atoms with Crippen LogP contribution in [0.5, 0.6) is 0 Å². The lowest BCUT2D eigenvalue weighted by molar-refractivity contribution is 0.0984. The molecule has 26 heavy (non-hydrogen) atoms. The number of hydrogen-bond acceptors (Lipinski definition) is 4.